The van der Waals surface area contributed by atoms with Crippen molar-refractivity contribution in [3.8, 4) is 0 Å². The molecule has 2 N–H and O–H groups in total. The molecule has 1 saturated heterocycles. The van der Waals surface area contributed by atoms with Crippen molar-refractivity contribution in [1.82, 2.24) is 4.90 Å². The smallest absolute Gasteiger partial charge is 0.302 e. The molecule has 1 fully saturated rings. The fourth-order valence-electron chi connectivity index (χ4n) is 2.40. The second-order valence-electron chi connectivity index (χ2n) is 4.66. The van der Waals surface area contributed by atoms with Crippen molar-refractivity contribution in [2.24, 2.45) is 5.73 Å². The summed E-state index contributed by atoms with van der Waals surface area (Å²) in [5.74, 6) is -2.79. The van der Waals surface area contributed by atoms with Crippen LogP contribution in [0.1, 0.15) is 6.92 Å². The molecule has 0 radical (unpaired) electrons. The maximum atomic E-state index is 12.2. The standard InChI is InChI=1S/C11H14N2O7S/c1-5(14)20-3-6-4-21(17,18)11-8(19-2)10(16)13(11)7(6)9(12)15/h8,11H,3-4H2,1-2H3,(H2,12,15)/t8-,11-/m0/s1. The fraction of sp³-hybridized carbons (Fsp3) is 0.545. The molecule has 2 atom stereocenters. The Bertz CT molecular complexity index is 651. The Kier molecular flexibility index (Phi) is 3.76. The molecule has 2 heterocycles. The van der Waals surface area contributed by atoms with Crippen LogP contribution in [0.4, 0.5) is 0 Å². The van der Waals surface area contributed by atoms with Crippen molar-refractivity contribution in [1.29, 1.82) is 0 Å². The number of methoxy groups -OCH3 is 1. The first-order valence-corrected chi connectivity index (χ1v) is 7.65. The third-order valence-corrected chi connectivity index (χ3v) is 5.20. The summed E-state index contributed by atoms with van der Waals surface area (Å²) in [5.41, 5.74) is 4.96. The van der Waals surface area contributed by atoms with Gasteiger partial charge in [-0.2, -0.15) is 0 Å². The van der Waals surface area contributed by atoms with E-state index in [2.05, 4.69) is 0 Å². The number of ether oxygens (including phenoxy) is 2. The number of hydrogen-bond donors (Lipinski definition) is 1. The third-order valence-electron chi connectivity index (χ3n) is 3.25. The number of carbonyl (C=O) groups excluding carboxylic acids is 3. The van der Waals surface area contributed by atoms with Gasteiger partial charge in [0, 0.05) is 19.6 Å². The van der Waals surface area contributed by atoms with Crippen molar-refractivity contribution >= 4 is 27.6 Å². The Morgan fingerprint density at radius 1 is 1.43 bits per heavy atom. The molecule has 21 heavy (non-hydrogen) atoms. The highest BCUT2D eigenvalue weighted by Gasteiger charge is 2.60. The van der Waals surface area contributed by atoms with Crippen LogP contribution < -0.4 is 5.73 Å². The Morgan fingerprint density at radius 3 is 2.52 bits per heavy atom. The number of primary amides is 1. The first kappa shape index (κ1) is 15.4. The number of esters is 1. The van der Waals surface area contributed by atoms with E-state index in [4.69, 9.17) is 15.2 Å². The van der Waals surface area contributed by atoms with Gasteiger partial charge in [0.1, 0.15) is 12.3 Å². The molecule has 0 spiro atoms. The van der Waals surface area contributed by atoms with Crippen LogP contribution in [0.25, 0.3) is 0 Å². The first-order chi connectivity index (χ1) is 9.70. The van der Waals surface area contributed by atoms with E-state index in [1.807, 2.05) is 0 Å². The van der Waals surface area contributed by atoms with E-state index in [0.29, 0.717) is 0 Å². The number of β-lactam (4-membered cyclic amide) rings is 1. The van der Waals surface area contributed by atoms with Crippen LogP contribution in [0.15, 0.2) is 11.3 Å². The molecule has 0 unspecified atom stereocenters. The predicted molar refractivity (Wildman–Crippen MR) is 68.1 cm³/mol. The largest absolute Gasteiger partial charge is 0.461 e. The van der Waals surface area contributed by atoms with Gasteiger partial charge in [-0.1, -0.05) is 0 Å². The second-order valence-corrected chi connectivity index (χ2v) is 6.76. The molecule has 116 valence electrons. The molecule has 2 amide bonds. The van der Waals surface area contributed by atoms with Crippen molar-refractivity contribution in [2.75, 3.05) is 19.5 Å². The fourth-order valence-corrected chi connectivity index (χ4v) is 4.41. The summed E-state index contributed by atoms with van der Waals surface area (Å²) in [5, 5.41) is -1.27. The number of nitrogens with two attached hydrogens (primary N) is 1. The summed E-state index contributed by atoms with van der Waals surface area (Å²) < 4.78 is 33.9. The highest BCUT2D eigenvalue weighted by molar-refractivity contribution is 7.92. The van der Waals surface area contributed by atoms with Gasteiger partial charge < -0.3 is 15.2 Å². The quantitative estimate of drug-likeness (QED) is 0.463. The lowest BCUT2D eigenvalue weighted by Gasteiger charge is -2.48. The van der Waals surface area contributed by atoms with E-state index in [9.17, 15) is 22.8 Å². The van der Waals surface area contributed by atoms with Crippen LogP contribution in [0.3, 0.4) is 0 Å². The number of hydrogen-bond acceptors (Lipinski definition) is 7. The maximum absolute atomic E-state index is 12.2. The SMILES string of the molecule is CO[C@H]1C(=O)N2C(C(N)=O)=C(COC(C)=O)CS(=O)(=O)[C@@H]12. The Balaban J connectivity index is 2.46. The van der Waals surface area contributed by atoms with Gasteiger partial charge in [-0.3, -0.25) is 19.3 Å². The van der Waals surface area contributed by atoms with Crippen LogP contribution in [0.5, 0.6) is 0 Å². The molecule has 0 aromatic carbocycles. The van der Waals surface area contributed by atoms with E-state index >= 15 is 0 Å². The number of carbonyl (C=O) groups is 3. The Hall–Kier alpha value is -1.94. The van der Waals surface area contributed by atoms with Crippen LogP contribution in [0, 0.1) is 0 Å². The van der Waals surface area contributed by atoms with Gasteiger partial charge in [0.2, 0.25) is 0 Å². The van der Waals surface area contributed by atoms with Gasteiger partial charge in [-0.15, -0.1) is 0 Å². The Morgan fingerprint density at radius 2 is 2.05 bits per heavy atom. The highest BCUT2D eigenvalue weighted by atomic mass is 32.2. The number of amides is 2. The highest BCUT2D eigenvalue weighted by Crippen LogP contribution is 2.37. The molecule has 2 rings (SSSR count). The van der Waals surface area contributed by atoms with Gasteiger partial charge in [0.15, 0.2) is 21.3 Å². The lowest BCUT2D eigenvalue weighted by Crippen LogP contribution is -2.71. The number of sulfone groups is 1. The minimum absolute atomic E-state index is 0.0168. The summed E-state index contributed by atoms with van der Waals surface area (Å²) in [6.45, 7) is 0.724. The second kappa shape index (κ2) is 5.11. The van der Waals surface area contributed by atoms with Crippen molar-refractivity contribution < 1.29 is 32.3 Å². The van der Waals surface area contributed by atoms with Gasteiger partial charge in [-0.25, -0.2) is 8.42 Å². The molecular formula is C11H14N2O7S. The monoisotopic (exact) mass is 318 g/mol. The minimum Gasteiger partial charge on any atom is -0.461 e. The van der Waals surface area contributed by atoms with E-state index in [0.717, 1.165) is 11.8 Å². The topological polar surface area (TPSA) is 133 Å². The van der Waals surface area contributed by atoms with Crippen molar-refractivity contribution in [3.63, 3.8) is 0 Å². The van der Waals surface area contributed by atoms with Crippen LogP contribution in [0.2, 0.25) is 0 Å². The molecule has 0 aromatic rings. The molecule has 2 aliphatic rings. The molecular weight excluding hydrogens is 304 g/mol. The maximum Gasteiger partial charge on any atom is 0.302 e. The zero-order chi connectivity index (χ0) is 15.9. The molecule has 0 bridgehead atoms. The number of fused-ring (bicyclic) bond motifs is 1. The van der Waals surface area contributed by atoms with Gasteiger partial charge in [-0.05, 0) is 0 Å². The summed E-state index contributed by atoms with van der Waals surface area (Å²) >= 11 is 0. The minimum atomic E-state index is -3.76. The van der Waals surface area contributed by atoms with E-state index in [-0.39, 0.29) is 11.3 Å². The zero-order valence-electron chi connectivity index (χ0n) is 11.4. The summed E-state index contributed by atoms with van der Waals surface area (Å²) in [6.07, 6.45) is -1.15. The molecule has 9 nitrogen and oxygen atoms in total. The summed E-state index contributed by atoms with van der Waals surface area (Å²) in [7, 11) is -2.55. The molecule has 0 saturated carbocycles. The van der Waals surface area contributed by atoms with Gasteiger partial charge >= 0.3 is 5.97 Å². The first-order valence-electron chi connectivity index (χ1n) is 5.93. The molecule has 0 aromatic heterocycles. The van der Waals surface area contributed by atoms with E-state index in [1.54, 1.807) is 0 Å². The van der Waals surface area contributed by atoms with E-state index in [1.165, 1.54) is 7.11 Å². The van der Waals surface area contributed by atoms with Gasteiger partial charge in [0.05, 0.1) is 5.75 Å². The Labute approximate surface area is 120 Å². The lowest BCUT2D eigenvalue weighted by atomic mass is 10.1. The van der Waals surface area contributed by atoms with Crippen molar-refractivity contribution in [3.05, 3.63) is 11.3 Å². The van der Waals surface area contributed by atoms with Gasteiger partial charge in [0.25, 0.3) is 11.8 Å². The van der Waals surface area contributed by atoms with Crippen LogP contribution in [-0.2, 0) is 33.7 Å². The number of rotatable bonds is 4. The predicted octanol–water partition coefficient (Wildman–Crippen LogP) is -2.10. The number of nitrogens with zero attached hydrogens (tertiary/aromatic N) is 1. The molecule has 10 heteroatoms. The van der Waals surface area contributed by atoms with Crippen LogP contribution in [-0.4, -0.2) is 62.0 Å². The normalized spacial score (nSPS) is 27.0. The van der Waals surface area contributed by atoms with Crippen molar-refractivity contribution in [2.45, 2.75) is 18.4 Å². The average Bonchev–Trinajstić information content (AvgIpc) is 2.36. The summed E-state index contributed by atoms with van der Waals surface area (Å²) in [4.78, 5) is 35.1. The molecule has 2 aliphatic heterocycles. The summed E-state index contributed by atoms with van der Waals surface area (Å²) in [6, 6.07) is 0. The third kappa shape index (κ3) is 2.40. The lowest BCUT2D eigenvalue weighted by molar-refractivity contribution is -0.160. The average molecular weight is 318 g/mol. The molecule has 0 aliphatic carbocycles. The zero-order valence-corrected chi connectivity index (χ0v) is 12.2. The van der Waals surface area contributed by atoms with Crippen LogP contribution >= 0.6 is 0 Å². The van der Waals surface area contributed by atoms with E-state index < -0.39 is 51.5 Å².